The Bertz CT molecular complexity index is 1090. The zero-order chi connectivity index (χ0) is 24.6. The van der Waals surface area contributed by atoms with E-state index in [2.05, 4.69) is 20.7 Å². The van der Waals surface area contributed by atoms with Crippen LogP contribution in [0.2, 0.25) is 5.02 Å². The normalized spacial score (nSPS) is 16.4. The molecule has 33 heavy (non-hydrogen) atoms. The van der Waals surface area contributed by atoms with E-state index in [0.29, 0.717) is 12.1 Å². The molecule has 1 aromatic heterocycles. The number of hydrogen-bond acceptors (Lipinski definition) is 5. The summed E-state index contributed by atoms with van der Waals surface area (Å²) in [7, 11) is 0. The monoisotopic (exact) mass is 529 g/mol. The fourth-order valence-electron chi connectivity index (χ4n) is 2.80. The fourth-order valence-corrected chi connectivity index (χ4v) is 3.46. The maximum atomic E-state index is 13.0. The number of alkyl halides is 6. The molecule has 176 valence electrons. The van der Waals surface area contributed by atoms with Crippen LogP contribution in [-0.4, -0.2) is 27.2 Å². The van der Waals surface area contributed by atoms with Gasteiger partial charge in [-0.05, 0) is 42.5 Å². The summed E-state index contributed by atoms with van der Waals surface area (Å²) in [6.45, 7) is 0. The lowest BCUT2D eigenvalue weighted by Gasteiger charge is -2.23. The SMILES string of the molecule is O=C(NC(=S)Nc1cc(C(F)(F)F)cc(C(F)(F)F)c1)C1CC(Cl)=NN1c1ncccc1Cl. The summed E-state index contributed by atoms with van der Waals surface area (Å²) >= 11 is 16.9. The van der Waals surface area contributed by atoms with Crippen molar-refractivity contribution in [3.63, 3.8) is 0 Å². The molecule has 0 spiro atoms. The Morgan fingerprint density at radius 1 is 1.09 bits per heavy atom. The van der Waals surface area contributed by atoms with Gasteiger partial charge in [0.15, 0.2) is 10.9 Å². The lowest BCUT2D eigenvalue weighted by Crippen LogP contribution is -2.46. The second-order valence-corrected chi connectivity index (χ2v) is 7.84. The van der Waals surface area contributed by atoms with Crippen molar-refractivity contribution < 1.29 is 31.1 Å². The Balaban J connectivity index is 1.78. The van der Waals surface area contributed by atoms with Crippen LogP contribution in [0.5, 0.6) is 0 Å². The number of hydrazone groups is 1. The zero-order valence-electron chi connectivity index (χ0n) is 15.9. The largest absolute Gasteiger partial charge is 0.416 e. The van der Waals surface area contributed by atoms with Gasteiger partial charge in [0.05, 0.1) is 16.1 Å². The van der Waals surface area contributed by atoms with Crippen molar-refractivity contribution in [2.45, 2.75) is 24.8 Å². The van der Waals surface area contributed by atoms with E-state index in [-0.39, 0.29) is 28.5 Å². The van der Waals surface area contributed by atoms with Gasteiger partial charge in [-0.15, -0.1) is 0 Å². The third-order valence-electron chi connectivity index (χ3n) is 4.21. The highest BCUT2D eigenvalue weighted by molar-refractivity contribution is 7.80. The van der Waals surface area contributed by atoms with Gasteiger partial charge >= 0.3 is 12.4 Å². The Hall–Kier alpha value is -2.64. The van der Waals surface area contributed by atoms with Gasteiger partial charge in [-0.1, -0.05) is 23.2 Å². The molecule has 3 rings (SSSR count). The number of carbonyl (C=O) groups is 1. The molecule has 0 aliphatic carbocycles. The van der Waals surface area contributed by atoms with Crippen LogP contribution in [0, 0.1) is 0 Å². The van der Waals surface area contributed by atoms with E-state index in [4.69, 9.17) is 35.4 Å². The maximum absolute atomic E-state index is 13.0. The molecule has 0 bridgehead atoms. The number of nitrogens with one attached hydrogen (secondary N) is 2. The molecule has 2 heterocycles. The minimum absolute atomic E-state index is 0.0286. The van der Waals surface area contributed by atoms with Crippen molar-refractivity contribution in [1.82, 2.24) is 10.3 Å². The molecular formula is C18H11Cl2F6N5OS. The summed E-state index contributed by atoms with van der Waals surface area (Å²) < 4.78 is 78.1. The molecule has 0 saturated carbocycles. The third kappa shape index (κ3) is 6.03. The molecule has 2 aromatic rings. The Labute approximate surface area is 197 Å². The first-order valence-electron chi connectivity index (χ1n) is 8.80. The summed E-state index contributed by atoms with van der Waals surface area (Å²) in [5.74, 6) is -0.682. The van der Waals surface area contributed by atoms with Crippen LogP contribution in [0.1, 0.15) is 17.5 Å². The van der Waals surface area contributed by atoms with Crippen LogP contribution in [0.4, 0.5) is 37.8 Å². The van der Waals surface area contributed by atoms with E-state index in [1.165, 1.54) is 12.3 Å². The van der Waals surface area contributed by atoms with Crippen molar-refractivity contribution in [3.05, 3.63) is 52.7 Å². The number of rotatable bonds is 3. The van der Waals surface area contributed by atoms with Gasteiger partial charge in [0, 0.05) is 18.3 Å². The van der Waals surface area contributed by atoms with E-state index in [1.54, 1.807) is 6.07 Å². The van der Waals surface area contributed by atoms with E-state index >= 15 is 0 Å². The number of hydrogen-bond donors (Lipinski definition) is 2. The van der Waals surface area contributed by atoms with E-state index in [1.807, 2.05) is 0 Å². The number of amides is 1. The van der Waals surface area contributed by atoms with Gasteiger partial charge < -0.3 is 10.6 Å². The van der Waals surface area contributed by atoms with Crippen LogP contribution in [-0.2, 0) is 17.1 Å². The van der Waals surface area contributed by atoms with Gasteiger partial charge in [-0.25, -0.2) is 9.99 Å². The van der Waals surface area contributed by atoms with Gasteiger partial charge in [0.25, 0.3) is 5.91 Å². The Morgan fingerprint density at radius 3 is 2.24 bits per heavy atom. The molecule has 6 nitrogen and oxygen atoms in total. The molecule has 1 aromatic carbocycles. The second kappa shape index (κ2) is 9.31. The lowest BCUT2D eigenvalue weighted by molar-refractivity contribution is -0.143. The number of halogens is 8. The quantitative estimate of drug-likeness (QED) is 0.410. The second-order valence-electron chi connectivity index (χ2n) is 6.59. The van der Waals surface area contributed by atoms with Crippen LogP contribution in [0.25, 0.3) is 0 Å². The summed E-state index contributed by atoms with van der Waals surface area (Å²) in [5, 5.41) is 9.15. The summed E-state index contributed by atoms with van der Waals surface area (Å²) in [6.07, 6.45) is -8.74. The van der Waals surface area contributed by atoms with Crippen LogP contribution in [0.3, 0.4) is 0 Å². The van der Waals surface area contributed by atoms with Crippen molar-refractivity contribution in [2.24, 2.45) is 5.10 Å². The minimum Gasteiger partial charge on any atom is -0.332 e. The van der Waals surface area contributed by atoms with Crippen molar-refractivity contribution in [1.29, 1.82) is 0 Å². The molecule has 1 atom stereocenters. The molecule has 1 aliphatic rings. The van der Waals surface area contributed by atoms with Crippen molar-refractivity contribution in [3.8, 4) is 0 Å². The van der Waals surface area contributed by atoms with E-state index < -0.39 is 46.2 Å². The molecule has 15 heteroatoms. The maximum Gasteiger partial charge on any atom is 0.416 e. The Kier molecular flexibility index (Phi) is 7.05. The van der Waals surface area contributed by atoms with Crippen molar-refractivity contribution in [2.75, 3.05) is 10.3 Å². The molecule has 0 saturated heterocycles. The number of aromatic nitrogens is 1. The van der Waals surface area contributed by atoms with Crippen LogP contribution in [0.15, 0.2) is 41.6 Å². The van der Waals surface area contributed by atoms with Gasteiger partial charge in [-0.2, -0.15) is 31.4 Å². The van der Waals surface area contributed by atoms with Crippen LogP contribution >= 0.6 is 35.4 Å². The number of benzene rings is 1. The highest BCUT2D eigenvalue weighted by Gasteiger charge is 2.38. The topological polar surface area (TPSA) is 69.6 Å². The standard InChI is InChI=1S/C18H11Cl2F6N5OS/c19-11-2-1-3-27-14(11)31-12(7-13(20)30-31)15(32)29-16(33)28-10-5-8(17(21,22)23)4-9(6-10)18(24,25)26/h1-6,12H,7H2,(H2,28,29,32,33). The molecular weight excluding hydrogens is 519 g/mol. The predicted molar refractivity (Wildman–Crippen MR) is 114 cm³/mol. The molecule has 0 fully saturated rings. The van der Waals surface area contributed by atoms with E-state index in [9.17, 15) is 31.1 Å². The van der Waals surface area contributed by atoms with E-state index in [0.717, 1.165) is 5.01 Å². The van der Waals surface area contributed by atoms with Crippen molar-refractivity contribution >= 4 is 63.1 Å². The van der Waals surface area contributed by atoms with Gasteiger partial charge in [-0.3, -0.25) is 4.79 Å². The number of thiocarbonyl (C=S) groups is 1. The molecule has 2 N–H and O–H groups in total. The number of anilines is 2. The smallest absolute Gasteiger partial charge is 0.332 e. The lowest BCUT2D eigenvalue weighted by atomic mass is 10.1. The first-order chi connectivity index (χ1) is 15.3. The average Bonchev–Trinajstić information content (AvgIpc) is 3.08. The predicted octanol–water partition coefficient (Wildman–Crippen LogP) is 5.42. The third-order valence-corrected chi connectivity index (χ3v) is 4.94. The summed E-state index contributed by atoms with van der Waals surface area (Å²) in [5.41, 5.74) is -3.70. The zero-order valence-corrected chi connectivity index (χ0v) is 18.3. The fraction of sp³-hybridized carbons (Fsp3) is 0.222. The summed E-state index contributed by atoms with van der Waals surface area (Å²) in [4.78, 5) is 16.7. The highest BCUT2D eigenvalue weighted by Crippen LogP contribution is 2.37. The Morgan fingerprint density at radius 2 is 1.70 bits per heavy atom. The molecule has 1 unspecified atom stereocenters. The first-order valence-corrected chi connectivity index (χ1v) is 9.96. The average molecular weight is 530 g/mol. The molecule has 1 aliphatic heterocycles. The molecule has 0 radical (unpaired) electrons. The minimum atomic E-state index is -5.04. The number of carbonyl (C=O) groups excluding carboxylic acids is 1. The van der Waals surface area contributed by atoms with Gasteiger partial charge in [0.1, 0.15) is 11.2 Å². The number of nitrogens with zero attached hydrogens (tertiary/aromatic N) is 3. The summed E-state index contributed by atoms with van der Waals surface area (Å²) in [6, 6.07) is 2.81. The number of pyridine rings is 1. The van der Waals surface area contributed by atoms with Crippen LogP contribution < -0.4 is 15.6 Å². The van der Waals surface area contributed by atoms with Gasteiger partial charge in [0.2, 0.25) is 0 Å². The highest BCUT2D eigenvalue weighted by atomic mass is 35.5. The first kappa shape index (κ1) is 25.0. The molecule has 1 amide bonds.